The summed E-state index contributed by atoms with van der Waals surface area (Å²) in [4.78, 5) is 59.0. The zero-order valence-electron chi connectivity index (χ0n) is 76.0. The van der Waals surface area contributed by atoms with Crippen LogP contribution in [0, 0.1) is 0 Å². The van der Waals surface area contributed by atoms with E-state index in [1.807, 2.05) is 0 Å². The zero-order valence-corrected chi connectivity index (χ0v) is 77.8. The lowest BCUT2D eigenvalue weighted by Crippen LogP contribution is -2.30. The number of esters is 3. The number of aliphatic hydroxyl groups is 2. The van der Waals surface area contributed by atoms with E-state index < -0.39 is 91.5 Å². The number of rotatable bonds is 92. The minimum atomic E-state index is -4.94. The predicted octanol–water partition coefficient (Wildman–Crippen LogP) is 30.1. The fourth-order valence-electron chi connectivity index (χ4n) is 13.4. The van der Waals surface area contributed by atoms with Crippen molar-refractivity contribution in [3.63, 3.8) is 0 Å². The Kier molecular flexibility index (Phi) is 89.5. The van der Waals surface area contributed by atoms with Crippen LogP contribution in [0.3, 0.4) is 0 Å². The van der Waals surface area contributed by atoms with E-state index in [1.54, 1.807) is 0 Å². The molecular weight excluding hydrogens is 1530 g/mol. The van der Waals surface area contributed by atoms with Crippen molar-refractivity contribution in [2.75, 3.05) is 39.6 Å². The first-order valence-corrected chi connectivity index (χ1v) is 51.5. The van der Waals surface area contributed by atoms with Gasteiger partial charge in [-0.1, -0.05) is 398 Å². The Labute approximate surface area is 728 Å². The van der Waals surface area contributed by atoms with Gasteiger partial charge in [0.1, 0.15) is 25.4 Å². The van der Waals surface area contributed by atoms with Gasteiger partial charge in [0, 0.05) is 19.3 Å². The lowest BCUT2D eigenvalue weighted by Gasteiger charge is -2.21. The fraction of sp³-hybridized carbons (Fsp3) is 0.752. The van der Waals surface area contributed by atoms with Gasteiger partial charge in [-0.2, -0.15) is 0 Å². The molecular formula is C101H178O16P2. The minimum absolute atomic E-state index is 0.0897. The van der Waals surface area contributed by atoms with Crippen molar-refractivity contribution < 1.29 is 75.8 Å². The van der Waals surface area contributed by atoms with Crippen molar-refractivity contribution in [2.45, 2.75) is 450 Å². The first-order valence-electron chi connectivity index (χ1n) is 48.5. The topological polar surface area (TPSA) is 231 Å². The van der Waals surface area contributed by atoms with Crippen LogP contribution in [0.15, 0.2) is 134 Å². The zero-order chi connectivity index (χ0) is 86.5. The molecule has 0 spiro atoms. The molecule has 0 aliphatic heterocycles. The van der Waals surface area contributed by atoms with E-state index in [-0.39, 0.29) is 19.3 Å². The van der Waals surface area contributed by atoms with Gasteiger partial charge in [0.05, 0.1) is 26.4 Å². The van der Waals surface area contributed by atoms with Gasteiger partial charge in [0.15, 0.2) is 6.10 Å². The highest BCUT2D eigenvalue weighted by atomic mass is 31.2. The van der Waals surface area contributed by atoms with E-state index in [0.29, 0.717) is 19.3 Å². The van der Waals surface area contributed by atoms with E-state index >= 15 is 0 Å². The molecule has 0 aromatic heterocycles. The number of hydrogen-bond donors (Lipinski definition) is 4. The molecule has 0 aromatic rings. The van der Waals surface area contributed by atoms with Gasteiger partial charge in [-0.25, -0.2) is 9.13 Å². The van der Waals surface area contributed by atoms with Crippen LogP contribution in [0.1, 0.15) is 432 Å². The lowest BCUT2D eigenvalue weighted by molar-refractivity contribution is -0.161. The molecule has 4 N–H and O–H groups in total. The molecule has 0 amide bonds. The van der Waals surface area contributed by atoms with Crippen LogP contribution in [0.5, 0.6) is 0 Å². The van der Waals surface area contributed by atoms with Crippen LogP contribution in [0.25, 0.3) is 0 Å². The number of carbonyl (C=O) groups excluding carboxylic acids is 3. The summed E-state index contributed by atoms with van der Waals surface area (Å²) in [6.45, 7) is 2.66. The first kappa shape index (κ1) is 115. The number of ether oxygens (including phenoxy) is 3. The third kappa shape index (κ3) is 94.2. The molecule has 0 aliphatic rings. The largest absolute Gasteiger partial charge is 0.472 e. The number of aliphatic hydroxyl groups excluding tert-OH is 2. The highest BCUT2D eigenvalue weighted by Crippen LogP contribution is 2.45. The standard InChI is InChI=1S/C101H178O16P2/c1-4-7-10-13-16-19-22-25-28-31-34-36-38-40-42-44-46-47-49-51-52-54-56-58-61-63-66-69-72-75-78-81-84-87-99(104)111-90-96(102)91-113-118(107,108)114-92-97(103)93-115-119(109,110)116-95-98(117-101(106)89-86-83-80-77-74-71-68-65-60-33-30-27-24-21-18-15-12-9-6-3)94-112-100(105)88-85-82-79-76-73-70-67-64-62-59-57-55-53-50-48-45-43-41-39-37-35-32-29-26-23-20-17-14-11-8-5-2/h16-21,25-30,34-37,40-43,60,65,96-98,102-103H,4-15,22-24,31-33,38-39,44-59,61-64,66-95H2,1-3H3,(H,107,108)(H,109,110)/b19-16-,20-17-,21-18-,28-25-,29-26-,30-27-,36-34-,37-35-,42-40-,43-41-,65-60-. The van der Waals surface area contributed by atoms with E-state index in [2.05, 4.69) is 154 Å². The van der Waals surface area contributed by atoms with Crippen LogP contribution >= 0.6 is 15.6 Å². The molecule has 0 rings (SSSR count). The Morgan fingerprint density at radius 3 is 0.664 bits per heavy atom. The van der Waals surface area contributed by atoms with Gasteiger partial charge in [-0.05, 0) is 148 Å². The van der Waals surface area contributed by atoms with Gasteiger partial charge in [-0.3, -0.25) is 32.5 Å². The quantitative estimate of drug-likeness (QED) is 0.0146. The SMILES string of the molecule is CCCCC/C=C\C/C=C\C/C=C\C/C=C\CCCCCCCCCCCCCCCCCCCC(=O)OCC(O)COP(=O)(O)OCC(O)COP(=O)(O)OCC(COC(=O)CCCCCCCCCCCCCCCCC/C=C\C/C=C\C/C=C\C/C=C\CCCCC)OC(=O)CCCCCCCC/C=C\C/C=C\C/C=C\CCCCC. The summed E-state index contributed by atoms with van der Waals surface area (Å²) < 4.78 is 61.5. The molecule has 119 heavy (non-hydrogen) atoms. The van der Waals surface area contributed by atoms with Gasteiger partial charge in [0.25, 0.3) is 0 Å². The maximum atomic E-state index is 13.1. The predicted molar refractivity (Wildman–Crippen MR) is 500 cm³/mol. The molecule has 5 unspecified atom stereocenters. The first-order chi connectivity index (χ1) is 58.2. The van der Waals surface area contributed by atoms with Crippen LogP contribution in [0.4, 0.5) is 0 Å². The van der Waals surface area contributed by atoms with Crippen molar-refractivity contribution in [3.05, 3.63) is 134 Å². The molecule has 0 saturated heterocycles. The molecule has 688 valence electrons. The van der Waals surface area contributed by atoms with Crippen molar-refractivity contribution in [1.29, 1.82) is 0 Å². The smallest absolute Gasteiger partial charge is 0.463 e. The Hall–Kier alpha value is -4.31. The van der Waals surface area contributed by atoms with Crippen molar-refractivity contribution in [2.24, 2.45) is 0 Å². The highest BCUT2D eigenvalue weighted by molar-refractivity contribution is 7.47. The normalized spacial score (nSPS) is 14.3. The monoisotopic (exact) mass is 1710 g/mol. The molecule has 16 nitrogen and oxygen atoms in total. The van der Waals surface area contributed by atoms with E-state index in [4.69, 9.17) is 32.3 Å². The second-order valence-electron chi connectivity index (χ2n) is 32.5. The van der Waals surface area contributed by atoms with Crippen LogP contribution < -0.4 is 0 Å². The van der Waals surface area contributed by atoms with E-state index in [0.717, 1.165) is 135 Å². The minimum Gasteiger partial charge on any atom is -0.463 e. The van der Waals surface area contributed by atoms with Crippen molar-refractivity contribution in [1.82, 2.24) is 0 Å². The average Bonchev–Trinajstić information content (AvgIpc) is 0.941. The Bertz CT molecular complexity index is 2690. The molecule has 0 aliphatic carbocycles. The van der Waals surface area contributed by atoms with Crippen LogP contribution in [-0.4, -0.2) is 95.9 Å². The number of phosphoric acid groups is 2. The summed E-state index contributed by atoms with van der Waals surface area (Å²) in [5.74, 6) is -1.57. The molecule has 0 heterocycles. The van der Waals surface area contributed by atoms with Gasteiger partial charge < -0.3 is 34.2 Å². The number of hydrogen-bond acceptors (Lipinski definition) is 14. The molecule has 5 atom stereocenters. The number of unbranched alkanes of at least 4 members (excludes halogenated alkanes) is 47. The Morgan fingerprint density at radius 2 is 0.420 bits per heavy atom. The molecule has 18 heteroatoms. The second-order valence-corrected chi connectivity index (χ2v) is 35.4. The summed E-state index contributed by atoms with van der Waals surface area (Å²) in [5.41, 5.74) is 0. The summed E-state index contributed by atoms with van der Waals surface area (Å²) in [6.07, 6.45) is 117. The summed E-state index contributed by atoms with van der Waals surface area (Å²) in [6, 6.07) is 0. The molecule has 0 fully saturated rings. The van der Waals surface area contributed by atoms with Gasteiger partial charge >= 0.3 is 33.6 Å². The second kappa shape index (κ2) is 92.9. The molecule has 0 saturated carbocycles. The van der Waals surface area contributed by atoms with Crippen LogP contribution in [-0.2, 0) is 55.8 Å². The van der Waals surface area contributed by atoms with E-state index in [9.17, 15) is 43.5 Å². The summed E-state index contributed by atoms with van der Waals surface area (Å²) in [7, 11) is -9.81. The van der Waals surface area contributed by atoms with Crippen LogP contribution in [0.2, 0.25) is 0 Å². The number of allylic oxidation sites excluding steroid dienone is 22. The maximum absolute atomic E-state index is 13.1. The van der Waals surface area contributed by atoms with Crippen molar-refractivity contribution >= 4 is 33.6 Å². The molecule has 0 aromatic carbocycles. The Morgan fingerprint density at radius 1 is 0.235 bits per heavy atom. The molecule has 0 bridgehead atoms. The number of phosphoric ester groups is 2. The lowest BCUT2D eigenvalue weighted by atomic mass is 10.0. The highest BCUT2D eigenvalue weighted by Gasteiger charge is 2.30. The third-order valence-electron chi connectivity index (χ3n) is 20.8. The Balaban J connectivity index is 4.51. The van der Waals surface area contributed by atoms with Gasteiger partial charge in [0.2, 0.25) is 0 Å². The van der Waals surface area contributed by atoms with E-state index in [1.165, 1.54) is 238 Å². The third-order valence-corrected chi connectivity index (χ3v) is 22.7. The average molecular weight is 1710 g/mol. The maximum Gasteiger partial charge on any atom is 0.472 e. The summed E-state index contributed by atoms with van der Waals surface area (Å²) >= 11 is 0. The van der Waals surface area contributed by atoms with Gasteiger partial charge in [-0.15, -0.1) is 0 Å². The number of carbonyl (C=O) groups is 3. The fourth-order valence-corrected chi connectivity index (χ4v) is 15.0. The summed E-state index contributed by atoms with van der Waals surface area (Å²) in [5, 5.41) is 20.8. The molecule has 0 radical (unpaired) electrons. The van der Waals surface area contributed by atoms with Crippen molar-refractivity contribution in [3.8, 4) is 0 Å².